The van der Waals surface area contributed by atoms with E-state index in [4.69, 9.17) is 24.8 Å². The molecule has 3 aromatic carbocycles. The lowest BCUT2D eigenvalue weighted by Crippen LogP contribution is -2.60. The molecule has 41 heavy (non-hydrogen) atoms. The number of quaternary nitrogens is 1. The molecule has 0 saturated carbocycles. The Balaban J connectivity index is 1.63. The summed E-state index contributed by atoms with van der Waals surface area (Å²) < 4.78 is 21.6. The van der Waals surface area contributed by atoms with E-state index in [1.165, 1.54) is 0 Å². The summed E-state index contributed by atoms with van der Waals surface area (Å²) in [6.07, 6.45) is 1.50. The number of nitrogens with one attached hydrogen (secondary N) is 1. The van der Waals surface area contributed by atoms with Crippen LogP contribution in [0.3, 0.4) is 0 Å². The van der Waals surface area contributed by atoms with Crippen LogP contribution in [0.25, 0.3) is 0 Å². The maximum Gasteiger partial charge on any atom is 0.440 e. The summed E-state index contributed by atoms with van der Waals surface area (Å²) in [6, 6.07) is 17.9. The van der Waals surface area contributed by atoms with Crippen LogP contribution >= 0.6 is 0 Å². The van der Waals surface area contributed by atoms with Gasteiger partial charge in [-0.15, -0.1) is 0 Å². The predicted octanol–water partition coefficient (Wildman–Crippen LogP) is 5.49. The zero-order valence-electron chi connectivity index (χ0n) is 24.0. The number of para-hydroxylation sites is 1. The van der Waals surface area contributed by atoms with E-state index in [0.717, 1.165) is 40.8 Å². The van der Waals surface area contributed by atoms with Crippen LogP contribution in [0.4, 0.5) is 10.5 Å². The highest BCUT2D eigenvalue weighted by Gasteiger charge is 2.61. The highest BCUT2D eigenvalue weighted by atomic mass is 16.7. The second-order valence-corrected chi connectivity index (χ2v) is 10.4. The number of aryl methyl sites for hydroxylation is 2. The summed E-state index contributed by atoms with van der Waals surface area (Å²) in [5.41, 5.74) is 4.40. The van der Waals surface area contributed by atoms with Gasteiger partial charge < -0.3 is 18.9 Å². The predicted molar refractivity (Wildman–Crippen MR) is 155 cm³/mol. The van der Waals surface area contributed by atoms with E-state index in [2.05, 4.69) is 19.2 Å². The average Bonchev–Trinajstić information content (AvgIpc) is 3.59. The van der Waals surface area contributed by atoms with Gasteiger partial charge in [-0.05, 0) is 72.9 Å². The van der Waals surface area contributed by atoms with Crippen molar-refractivity contribution >= 4 is 17.7 Å². The van der Waals surface area contributed by atoms with Crippen LogP contribution < -0.4 is 25.4 Å². The molecule has 0 spiro atoms. The molecule has 4 atom stereocenters. The molecule has 2 heterocycles. The number of methoxy groups -OCH3 is 1. The number of hydrogen-bond donors (Lipinski definition) is 2. The highest BCUT2D eigenvalue weighted by Crippen LogP contribution is 2.51. The minimum Gasteiger partial charge on any atom is -0.497 e. The number of nitrogens with zero attached hydrogens (tertiary/aromatic N) is 1. The van der Waals surface area contributed by atoms with Crippen LogP contribution in [0, 0.1) is 5.92 Å². The van der Waals surface area contributed by atoms with Gasteiger partial charge in [-0.3, -0.25) is 10.1 Å². The van der Waals surface area contributed by atoms with Crippen molar-refractivity contribution in [3.63, 3.8) is 0 Å². The monoisotopic (exact) mass is 560 g/mol. The lowest BCUT2D eigenvalue weighted by molar-refractivity contribution is -0.880. The first-order valence-corrected chi connectivity index (χ1v) is 14.1. The van der Waals surface area contributed by atoms with Crippen LogP contribution in [0.2, 0.25) is 0 Å². The van der Waals surface area contributed by atoms with Gasteiger partial charge in [0.25, 0.3) is 0 Å². The molecule has 2 aliphatic rings. The van der Waals surface area contributed by atoms with Crippen molar-refractivity contribution in [1.29, 1.82) is 0 Å². The molecule has 216 valence electrons. The maximum atomic E-state index is 14.4. The summed E-state index contributed by atoms with van der Waals surface area (Å²) in [5.74, 6) is 7.50. The number of carbonyl (C=O) groups is 2. The number of esters is 1. The minimum atomic E-state index is -0.744. The Bertz CT molecular complexity index is 1400. The zero-order chi connectivity index (χ0) is 29.1. The summed E-state index contributed by atoms with van der Waals surface area (Å²) in [6.45, 7) is 6.39. The van der Waals surface area contributed by atoms with Crippen molar-refractivity contribution in [3.8, 4) is 17.2 Å². The van der Waals surface area contributed by atoms with Crippen LogP contribution in [0.5, 0.6) is 17.2 Å². The molecular formula is C32H38N3O6+. The fourth-order valence-electron chi connectivity index (χ4n) is 6.15. The first-order valence-electron chi connectivity index (χ1n) is 14.1. The zero-order valence-corrected chi connectivity index (χ0v) is 24.0. The van der Waals surface area contributed by atoms with Crippen molar-refractivity contribution in [2.45, 2.75) is 45.6 Å². The Labute approximate surface area is 240 Å². The highest BCUT2D eigenvalue weighted by molar-refractivity contribution is 5.87. The molecule has 1 fully saturated rings. The molecule has 0 aromatic heterocycles. The Hall–Kier alpha value is -4.08. The summed E-state index contributed by atoms with van der Waals surface area (Å²) in [5, 5.41) is 3.18. The minimum absolute atomic E-state index is 0.134. The van der Waals surface area contributed by atoms with Gasteiger partial charge >= 0.3 is 12.0 Å². The molecule has 2 amide bonds. The second-order valence-electron chi connectivity index (χ2n) is 10.4. The Morgan fingerprint density at radius 3 is 2.24 bits per heavy atom. The van der Waals surface area contributed by atoms with E-state index in [1.54, 1.807) is 14.0 Å². The number of carbonyl (C=O) groups excluding carboxylic acids is 2. The number of urea groups is 1. The number of nitrogens with two attached hydrogens (primary N) is 1. The number of rotatable bonds is 8. The Morgan fingerprint density at radius 2 is 1.61 bits per heavy atom. The third-order valence-corrected chi connectivity index (χ3v) is 8.22. The number of benzene rings is 3. The van der Waals surface area contributed by atoms with Gasteiger partial charge in [0.2, 0.25) is 6.79 Å². The van der Waals surface area contributed by atoms with E-state index in [0.29, 0.717) is 17.2 Å². The van der Waals surface area contributed by atoms with E-state index >= 15 is 0 Å². The fraction of sp³-hybridized carbons (Fsp3) is 0.375. The number of anilines is 1. The van der Waals surface area contributed by atoms with E-state index in [9.17, 15) is 9.59 Å². The van der Waals surface area contributed by atoms with Gasteiger partial charge in [-0.25, -0.2) is 4.79 Å². The molecule has 9 nitrogen and oxygen atoms in total. The third-order valence-electron chi connectivity index (χ3n) is 8.22. The molecule has 0 unspecified atom stereocenters. The summed E-state index contributed by atoms with van der Waals surface area (Å²) >= 11 is 0. The van der Waals surface area contributed by atoms with Gasteiger partial charge in [0, 0.05) is 5.56 Å². The number of fused-ring (bicyclic) bond motifs is 1. The molecule has 3 aromatic rings. The van der Waals surface area contributed by atoms with Gasteiger partial charge in [0.05, 0.1) is 25.3 Å². The number of ether oxygens (including phenoxy) is 4. The number of amides is 2. The van der Waals surface area contributed by atoms with Crippen molar-refractivity contribution in [2.24, 2.45) is 11.8 Å². The van der Waals surface area contributed by atoms with Gasteiger partial charge in [-0.1, -0.05) is 38.1 Å². The van der Waals surface area contributed by atoms with Gasteiger partial charge in [-0.2, -0.15) is 10.4 Å². The van der Waals surface area contributed by atoms with Crippen molar-refractivity contribution < 1.29 is 33.1 Å². The smallest absolute Gasteiger partial charge is 0.440 e. The molecule has 3 N–H and O–H groups in total. The van der Waals surface area contributed by atoms with E-state index < -0.39 is 28.4 Å². The average molecular weight is 561 g/mol. The van der Waals surface area contributed by atoms with Crippen molar-refractivity contribution in [1.82, 2.24) is 0 Å². The number of likely N-dealkylation sites (tertiary alicyclic amines) is 1. The SMILES string of the molecule is CCOC(=O)[C@@H]1[C@@H](c2ccc3c(c2)OCO3)C[N@@+](N)(C(=O)Nc2c(CC)cccc2CC)[C@H]1c1ccc(OC)cc1. The largest absolute Gasteiger partial charge is 0.497 e. The Kier molecular flexibility index (Phi) is 8.19. The second kappa shape index (κ2) is 11.8. The number of hydrogen-bond acceptors (Lipinski definition) is 7. The lowest BCUT2D eigenvalue weighted by Gasteiger charge is -2.33. The molecular weight excluding hydrogens is 522 g/mol. The van der Waals surface area contributed by atoms with Crippen LogP contribution in [0.1, 0.15) is 55.0 Å². The van der Waals surface area contributed by atoms with Crippen LogP contribution in [-0.4, -0.2) is 43.6 Å². The van der Waals surface area contributed by atoms with Crippen molar-refractivity contribution in [3.05, 3.63) is 82.9 Å². The van der Waals surface area contributed by atoms with Crippen LogP contribution in [-0.2, 0) is 22.4 Å². The molecule has 0 aliphatic carbocycles. The van der Waals surface area contributed by atoms with E-state index in [-0.39, 0.29) is 26.0 Å². The molecule has 5 rings (SSSR count). The normalized spacial score (nSPS) is 22.8. The first-order chi connectivity index (χ1) is 19.8. The molecule has 2 aliphatic heterocycles. The topological polar surface area (TPSA) is 109 Å². The van der Waals surface area contributed by atoms with Gasteiger partial charge in [0.1, 0.15) is 18.2 Å². The van der Waals surface area contributed by atoms with E-state index in [1.807, 2.05) is 60.7 Å². The lowest BCUT2D eigenvalue weighted by atomic mass is 9.82. The Morgan fingerprint density at radius 1 is 0.951 bits per heavy atom. The molecule has 0 radical (unpaired) electrons. The standard InChI is InChI=1S/C32H37N3O6/c1-5-20-9-8-10-21(6-2)29(20)34-32(37)35(33)18-25(23-13-16-26-27(17-23)41-19-40-26)28(31(36)39-7-3)30(35)22-11-14-24(38-4)15-12-22/h8-17,25,28,30H,5-7,18-19,33H2,1-4H3/p+1/t25-,28-,30+,35+/m1/s1. The quantitative estimate of drug-likeness (QED) is 0.162. The maximum absolute atomic E-state index is 14.4. The molecule has 0 bridgehead atoms. The van der Waals surface area contributed by atoms with Crippen molar-refractivity contribution in [2.75, 3.05) is 32.4 Å². The first kappa shape index (κ1) is 28.4. The van der Waals surface area contributed by atoms with Gasteiger partial charge in [0.15, 0.2) is 17.5 Å². The third kappa shape index (κ3) is 5.23. The molecule has 9 heteroatoms. The summed E-state index contributed by atoms with van der Waals surface area (Å²) in [4.78, 5) is 28.1. The molecule has 1 saturated heterocycles. The van der Waals surface area contributed by atoms with Crippen LogP contribution in [0.15, 0.2) is 60.7 Å². The fourth-order valence-corrected chi connectivity index (χ4v) is 6.15. The summed E-state index contributed by atoms with van der Waals surface area (Å²) in [7, 11) is 1.59.